The molecule has 0 aliphatic heterocycles. The molecule has 0 aliphatic carbocycles. The minimum Gasteiger partial charge on any atom is -0.488 e. The van der Waals surface area contributed by atoms with Crippen molar-refractivity contribution in [2.75, 3.05) is 0 Å². The molecule has 7 heteroatoms. The van der Waals surface area contributed by atoms with E-state index in [2.05, 4.69) is 0 Å². The maximum absolute atomic E-state index is 13.8. The topological polar surface area (TPSA) is 69.6 Å². The number of benzene rings is 5. The number of fused-ring (bicyclic) bond motifs is 3. The number of aromatic nitrogens is 2. The second kappa shape index (κ2) is 10.4. The molecule has 6 nitrogen and oxygen atoms in total. The Morgan fingerprint density at radius 3 is 2.49 bits per heavy atom. The molecular weight excluding hydrogens is 534 g/mol. The molecule has 2 heterocycles. The van der Waals surface area contributed by atoms with Crippen molar-refractivity contribution in [3.8, 4) is 17.3 Å². The van der Waals surface area contributed by atoms with Gasteiger partial charge in [-0.2, -0.15) is 9.78 Å². The molecule has 0 spiro atoms. The maximum atomic E-state index is 13.8. The quantitative estimate of drug-likeness (QED) is 0.194. The van der Waals surface area contributed by atoms with Gasteiger partial charge in [0.1, 0.15) is 17.9 Å². The Morgan fingerprint density at radius 1 is 0.829 bits per heavy atom. The lowest BCUT2D eigenvalue weighted by molar-refractivity contribution is 0.306. The zero-order valence-electron chi connectivity index (χ0n) is 21.7. The molecule has 0 saturated heterocycles. The van der Waals surface area contributed by atoms with Crippen LogP contribution in [-0.2, 0) is 6.61 Å². The lowest BCUT2D eigenvalue weighted by atomic mass is 10.0. The molecule has 5 aromatic carbocycles. The summed E-state index contributed by atoms with van der Waals surface area (Å²) in [7, 11) is 0. The predicted molar refractivity (Wildman–Crippen MR) is 164 cm³/mol. The van der Waals surface area contributed by atoms with E-state index in [1.807, 2.05) is 91.0 Å². The lowest BCUT2D eigenvalue weighted by Gasteiger charge is -2.12. The molecule has 7 aromatic rings. The molecular formula is C34H22ClN3O3. The van der Waals surface area contributed by atoms with E-state index in [1.165, 1.54) is 4.68 Å². The largest absolute Gasteiger partial charge is 0.488 e. The first-order valence-electron chi connectivity index (χ1n) is 13.1. The van der Waals surface area contributed by atoms with Crippen molar-refractivity contribution in [1.82, 2.24) is 9.66 Å². The number of nitrogens with zero attached hydrogens (tertiary/aromatic N) is 3. The van der Waals surface area contributed by atoms with Gasteiger partial charge < -0.3 is 9.15 Å². The Bertz CT molecular complexity index is 2150. The minimum absolute atomic E-state index is 0.282. The molecule has 198 valence electrons. The highest BCUT2D eigenvalue weighted by atomic mass is 35.5. The number of halogens is 1. The SMILES string of the molecule is O=c1c2ccccc2nc(-c2cc3cc(Cl)ccc3o2)n1N=Cc1c(OCc2ccccc2)ccc2ccccc12. The summed E-state index contributed by atoms with van der Waals surface area (Å²) < 4.78 is 13.7. The van der Waals surface area contributed by atoms with E-state index < -0.39 is 0 Å². The molecule has 0 bridgehead atoms. The molecule has 41 heavy (non-hydrogen) atoms. The van der Waals surface area contributed by atoms with Gasteiger partial charge in [-0.1, -0.05) is 84.4 Å². The van der Waals surface area contributed by atoms with E-state index in [0.29, 0.717) is 39.6 Å². The van der Waals surface area contributed by atoms with E-state index in [0.717, 1.165) is 27.3 Å². The molecule has 0 aliphatic rings. The number of rotatable bonds is 6. The monoisotopic (exact) mass is 555 g/mol. The molecule has 2 aromatic heterocycles. The van der Waals surface area contributed by atoms with Gasteiger partial charge >= 0.3 is 0 Å². The van der Waals surface area contributed by atoms with Gasteiger partial charge in [-0.25, -0.2) is 4.98 Å². The summed E-state index contributed by atoms with van der Waals surface area (Å²) in [5.41, 5.74) is 2.67. The van der Waals surface area contributed by atoms with Crippen LogP contribution in [0.4, 0.5) is 0 Å². The molecule has 0 amide bonds. The van der Waals surface area contributed by atoms with Crippen molar-refractivity contribution in [1.29, 1.82) is 0 Å². The lowest BCUT2D eigenvalue weighted by Crippen LogP contribution is -2.20. The van der Waals surface area contributed by atoms with Crippen LogP contribution < -0.4 is 10.3 Å². The molecule has 0 radical (unpaired) electrons. The predicted octanol–water partition coefficient (Wildman–Crippen LogP) is 8.08. The minimum atomic E-state index is -0.313. The summed E-state index contributed by atoms with van der Waals surface area (Å²) in [5.74, 6) is 1.34. The van der Waals surface area contributed by atoms with Crippen LogP contribution >= 0.6 is 11.6 Å². The fraction of sp³-hybridized carbons (Fsp3) is 0.0294. The van der Waals surface area contributed by atoms with Gasteiger partial charge in [0, 0.05) is 16.0 Å². The first-order valence-corrected chi connectivity index (χ1v) is 13.5. The van der Waals surface area contributed by atoms with Crippen molar-refractivity contribution in [3.05, 3.63) is 142 Å². The Labute approximate surface area is 239 Å². The van der Waals surface area contributed by atoms with Gasteiger partial charge in [0.2, 0.25) is 5.82 Å². The number of hydrogen-bond donors (Lipinski definition) is 0. The highest BCUT2D eigenvalue weighted by molar-refractivity contribution is 6.31. The fourth-order valence-electron chi connectivity index (χ4n) is 4.90. The van der Waals surface area contributed by atoms with Gasteiger partial charge in [-0.05, 0) is 58.8 Å². The smallest absolute Gasteiger partial charge is 0.282 e. The average Bonchev–Trinajstić information content (AvgIpc) is 3.43. The Hall–Kier alpha value is -5.20. The van der Waals surface area contributed by atoms with Crippen LogP contribution in [0.3, 0.4) is 0 Å². The van der Waals surface area contributed by atoms with Gasteiger partial charge in [-0.15, -0.1) is 0 Å². The van der Waals surface area contributed by atoms with Gasteiger partial charge in [-0.3, -0.25) is 4.79 Å². The normalized spacial score (nSPS) is 11.6. The van der Waals surface area contributed by atoms with E-state index in [4.69, 9.17) is 30.8 Å². The third kappa shape index (κ3) is 4.75. The second-order valence-electron chi connectivity index (χ2n) is 9.58. The van der Waals surface area contributed by atoms with E-state index in [-0.39, 0.29) is 11.4 Å². The van der Waals surface area contributed by atoms with Crippen LogP contribution in [0.5, 0.6) is 5.75 Å². The zero-order valence-corrected chi connectivity index (χ0v) is 22.5. The van der Waals surface area contributed by atoms with Crippen LogP contribution in [-0.4, -0.2) is 15.9 Å². The molecule has 0 saturated carbocycles. The van der Waals surface area contributed by atoms with Gasteiger partial charge in [0.25, 0.3) is 5.56 Å². The number of ether oxygens (including phenoxy) is 1. The summed E-state index contributed by atoms with van der Waals surface area (Å²) in [4.78, 5) is 18.6. The highest BCUT2D eigenvalue weighted by Crippen LogP contribution is 2.30. The van der Waals surface area contributed by atoms with Crippen LogP contribution in [0.15, 0.2) is 130 Å². The summed E-state index contributed by atoms with van der Waals surface area (Å²) in [6.07, 6.45) is 1.66. The Morgan fingerprint density at radius 2 is 1.61 bits per heavy atom. The summed E-state index contributed by atoms with van der Waals surface area (Å²) in [6, 6.07) is 36.3. The van der Waals surface area contributed by atoms with Gasteiger partial charge in [0.05, 0.1) is 17.1 Å². The van der Waals surface area contributed by atoms with E-state index in [9.17, 15) is 4.79 Å². The van der Waals surface area contributed by atoms with Crippen LogP contribution in [0, 0.1) is 0 Å². The number of furan rings is 1. The Balaban J connectivity index is 1.39. The fourth-order valence-corrected chi connectivity index (χ4v) is 5.08. The first kappa shape index (κ1) is 24.8. The van der Waals surface area contributed by atoms with Crippen molar-refractivity contribution in [2.45, 2.75) is 6.61 Å². The average molecular weight is 556 g/mol. The van der Waals surface area contributed by atoms with Crippen molar-refractivity contribution < 1.29 is 9.15 Å². The third-order valence-electron chi connectivity index (χ3n) is 6.92. The van der Waals surface area contributed by atoms with Crippen molar-refractivity contribution in [2.24, 2.45) is 5.10 Å². The van der Waals surface area contributed by atoms with Crippen LogP contribution in [0.25, 0.3) is 44.2 Å². The second-order valence-corrected chi connectivity index (χ2v) is 10.0. The molecule has 0 N–H and O–H groups in total. The number of hydrogen-bond acceptors (Lipinski definition) is 5. The molecule has 0 atom stereocenters. The van der Waals surface area contributed by atoms with E-state index in [1.54, 1.807) is 30.5 Å². The summed E-state index contributed by atoms with van der Waals surface area (Å²) >= 11 is 6.21. The Kier molecular flexibility index (Phi) is 6.30. The summed E-state index contributed by atoms with van der Waals surface area (Å²) in [6.45, 7) is 0.393. The third-order valence-corrected chi connectivity index (χ3v) is 7.16. The molecule has 0 fully saturated rings. The van der Waals surface area contributed by atoms with Crippen LogP contribution in [0.2, 0.25) is 5.02 Å². The standard InChI is InChI=1S/C34H22ClN3O3/c35-25-15-17-30-24(18-25)19-32(41-30)33-37-29-13-7-6-12-27(29)34(39)38(33)36-20-28-26-11-5-4-10-23(26)14-16-31(28)40-21-22-8-2-1-3-9-22/h1-20H,21H2. The van der Waals surface area contributed by atoms with E-state index >= 15 is 0 Å². The maximum Gasteiger partial charge on any atom is 0.282 e. The molecule has 7 rings (SSSR count). The van der Waals surface area contributed by atoms with Crippen molar-refractivity contribution >= 4 is 50.5 Å². The number of para-hydroxylation sites is 1. The first-order chi connectivity index (χ1) is 20.1. The zero-order chi connectivity index (χ0) is 27.8. The van der Waals surface area contributed by atoms with Crippen LogP contribution in [0.1, 0.15) is 11.1 Å². The highest BCUT2D eigenvalue weighted by Gasteiger charge is 2.17. The van der Waals surface area contributed by atoms with Crippen molar-refractivity contribution in [3.63, 3.8) is 0 Å². The van der Waals surface area contributed by atoms with Gasteiger partial charge in [0.15, 0.2) is 5.76 Å². The summed E-state index contributed by atoms with van der Waals surface area (Å²) in [5, 5.41) is 8.52. The molecule has 0 unspecified atom stereocenters.